The summed E-state index contributed by atoms with van der Waals surface area (Å²) in [5, 5.41) is 8.72. The fraction of sp³-hybridized carbons (Fsp3) is 0.455. The summed E-state index contributed by atoms with van der Waals surface area (Å²) in [6.07, 6.45) is -2.64. The predicted molar refractivity (Wildman–Crippen MR) is 54.3 cm³/mol. The molecule has 0 fully saturated rings. The average molecular weight is 250 g/mol. The highest BCUT2D eigenvalue weighted by molar-refractivity contribution is 5.40. The van der Waals surface area contributed by atoms with Gasteiger partial charge in [-0.3, -0.25) is 0 Å². The van der Waals surface area contributed by atoms with Gasteiger partial charge in [-0.2, -0.15) is 0 Å². The monoisotopic (exact) mass is 250 g/mol. The number of alkyl halides is 1. The van der Waals surface area contributed by atoms with Crippen LogP contribution in [0.3, 0.4) is 0 Å². The van der Waals surface area contributed by atoms with Crippen LogP contribution in [-0.4, -0.2) is 18.8 Å². The van der Waals surface area contributed by atoms with Crippen molar-refractivity contribution < 1.29 is 27.8 Å². The van der Waals surface area contributed by atoms with Crippen molar-refractivity contribution >= 4 is 0 Å². The summed E-state index contributed by atoms with van der Waals surface area (Å²) in [6, 6.07) is 1.10. The van der Waals surface area contributed by atoms with Gasteiger partial charge in [0.25, 0.3) is 0 Å². The van der Waals surface area contributed by atoms with Gasteiger partial charge >= 0.3 is 0 Å². The number of halogens is 3. The summed E-state index contributed by atoms with van der Waals surface area (Å²) in [7, 11) is 1.17. The summed E-state index contributed by atoms with van der Waals surface area (Å²) in [4.78, 5) is 0. The molecule has 3 nitrogen and oxygen atoms in total. The van der Waals surface area contributed by atoms with Crippen LogP contribution in [0.5, 0.6) is 5.75 Å². The molecule has 1 unspecified atom stereocenters. The molecule has 0 aliphatic heterocycles. The van der Waals surface area contributed by atoms with E-state index >= 15 is 0 Å². The molecule has 1 rings (SSSR count). The second kappa shape index (κ2) is 5.88. The maximum Gasteiger partial charge on any atom is 0.229 e. The van der Waals surface area contributed by atoms with Gasteiger partial charge in [0, 0.05) is 12.2 Å². The lowest BCUT2D eigenvalue weighted by Crippen LogP contribution is -2.06. The van der Waals surface area contributed by atoms with Crippen LogP contribution in [0.4, 0.5) is 13.2 Å². The molecule has 0 saturated heterocycles. The predicted octanol–water partition coefficient (Wildman–Crippen LogP) is 2.47. The van der Waals surface area contributed by atoms with Gasteiger partial charge < -0.3 is 14.6 Å². The number of aliphatic hydroxyl groups excluding tert-OH is 1. The molecule has 1 aromatic rings. The Kier molecular flexibility index (Phi) is 4.77. The maximum absolute atomic E-state index is 13.5. The Morgan fingerprint density at radius 2 is 2.00 bits per heavy atom. The summed E-state index contributed by atoms with van der Waals surface area (Å²) < 4.78 is 49.3. The third-order valence-electron chi connectivity index (χ3n) is 2.20. The van der Waals surface area contributed by atoms with E-state index in [-0.39, 0.29) is 17.9 Å². The fourth-order valence-corrected chi connectivity index (χ4v) is 1.37. The van der Waals surface area contributed by atoms with Crippen molar-refractivity contribution in [2.45, 2.75) is 19.9 Å². The zero-order valence-corrected chi connectivity index (χ0v) is 9.47. The summed E-state index contributed by atoms with van der Waals surface area (Å²) in [6.45, 7) is 1.88. The number of benzene rings is 1. The number of hydrogen-bond donors (Lipinski definition) is 1. The number of aliphatic hydroxyl groups is 1. The quantitative estimate of drug-likeness (QED) is 0.872. The largest absolute Gasteiger partial charge is 0.496 e. The average Bonchev–Trinajstić information content (AvgIpc) is 2.30. The van der Waals surface area contributed by atoms with E-state index in [4.69, 9.17) is 14.6 Å². The SMILES string of the molecule is CCOCc1cc(OC)c(C(O)F)c(F)c1F. The first-order valence-corrected chi connectivity index (χ1v) is 4.97. The second-order valence-corrected chi connectivity index (χ2v) is 3.25. The number of rotatable bonds is 5. The van der Waals surface area contributed by atoms with Crippen LogP contribution in [0, 0.1) is 11.6 Å². The highest BCUT2D eigenvalue weighted by Gasteiger charge is 2.24. The Bertz CT molecular complexity index is 394. The zero-order valence-electron chi connectivity index (χ0n) is 9.47. The molecule has 0 aromatic heterocycles. The van der Waals surface area contributed by atoms with Crippen molar-refractivity contribution in [3.63, 3.8) is 0 Å². The summed E-state index contributed by atoms with van der Waals surface area (Å²) in [5.41, 5.74) is -0.934. The lowest BCUT2D eigenvalue weighted by molar-refractivity contribution is 0.0346. The van der Waals surface area contributed by atoms with Gasteiger partial charge in [-0.1, -0.05) is 0 Å². The van der Waals surface area contributed by atoms with Gasteiger partial charge in [0.15, 0.2) is 11.6 Å². The van der Waals surface area contributed by atoms with Crippen LogP contribution in [-0.2, 0) is 11.3 Å². The Labute approximate surface area is 96.8 Å². The number of ether oxygens (including phenoxy) is 2. The van der Waals surface area contributed by atoms with Gasteiger partial charge in [-0.15, -0.1) is 0 Å². The molecule has 0 spiro atoms. The van der Waals surface area contributed by atoms with Crippen LogP contribution >= 0.6 is 0 Å². The van der Waals surface area contributed by atoms with Crippen LogP contribution in [0.25, 0.3) is 0 Å². The molecule has 0 aliphatic carbocycles. The number of hydrogen-bond acceptors (Lipinski definition) is 3. The van der Waals surface area contributed by atoms with Crippen molar-refractivity contribution in [3.05, 3.63) is 28.8 Å². The third-order valence-corrected chi connectivity index (χ3v) is 2.20. The molecular formula is C11H13F3O3. The van der Waals surface area contributed by atoms with Crippen LogP contribution in [0.1, 0.15) is 24.4 Å². The van der Waals surface area contributed by atoms with E-state index in [0.717, 1.165) is 6.07 Å². The van der Waals surface area contributed by atoms with Gasteiger partial charge in [0.05, 0.1) is 19.3 Å². The molecule has 0 saturated carbocycles. The van der Waals surface area contributed by atoms with Crippen molar-refractivity contribution in [2.75, 3.05) is 13.7 Å². The first-order valence-electron chi connectivity index (χ1n) is 4.97. The van der Waals surface area contributed by atoms with E-state index in [0.29, 0.717) is 6.61 Å². The minimum atomic E-state index is -2.64. The molecule has 96 valence electrons. The fourth-order valence-electron chi connectivity index (χ4n) is 1.37. The molecule has 6 heteroatoms. The minimum absolute atomic E-state index is 0.0920. The molecule has 1 N–H and O–H groups in total. The Balaban J connectivity index is 3.24. The van der Waals surface area contributed by atoms with E-state index in [1.807, 2.05) is 0 Å². The van der Waals surface area contributed by atoms with E-state index in [2.05, 4.69) is 0 Å². The molecule has 0 aliphatic rings. The lowest BCUT2D eigenvalue weighted by atomic mass is 10.1. The van der Waals surface area contributed by atoms with Crippen LogP contribution in [0.15, 0.2) is 6.07 Å². The first-order chi connectivity index (χ1) is 8.02. The maximum atomic E-state index is 13.5. The Morgan fingerprint density at radius 3 is 2.47 bits per heavy atom. The number of methoxy groups -OCH3 is 1. The summed E-state index contributed by atoms with van der Waals surface area (Å²) in [5.74, 6) is -2.96. The smallest absolute Gasteiger partial charge is 0.229 e. The van der Waals surface area contributed by atoms with Crippen molar-refractivity contribution in [2.24, 2.45) is 0 Å². The highest BCUT2D eigenvalue weighted by Crippen LogP contribution is 2.32. The minimum Gasteiger partial charge on any atom is -0.496 e. The lowest BCUT2D eigenvalue weighted by Gasteiger charge is -2.13. The van der Waals surface area contributed by atoms with E-state index in [1.165, 1.54) is 7.11 Å². The molecule has 17 heavy (non-hydrogen) atoms. The second-order valence-electron chi connectivity index (χ2n) is 3.25. The van der Waals surface area contributed by atoms with Crippen molar-refractivity contribution in [1.29, 1.82) is 0 Å². The molecule has 0 amide bonds. The first kappa shape index (κ1) is 13.8. The van der Waals surface area contributed by atoms with Gasteiger partial charge in [-0.25, -0.2) is 13.2 Å². The van der Waals surface area contributed by atoms with Gasteiger partial charge in [0.1, 0.15) is 5.75 Å². The standard InChI is InChI=1S/C11H13F3O3/c1-3-17-5-6-4-7(16-2)8(11(14)15)10(13)9(6)12/h4,11,15H,3,5H2,1-2H3. The summed E-state index contributed by atoms with van der Waals surface area (Å²) >= 11 is 0. The Hall–Kier alpha value is -1.27. The zero-order chi connectivity index (χ0) is 13.0. The third kappa shape index (κ3) is 2.89. The molecule has 1 aromatic carbocycles. The Morgan fingerprint density at radius 1 is 1.35 bits per heavy atom. The normalized spacial score (nSPS) is 12.6. The van der Waals surface area contributed by atoms with Gasteiger partial charge in [0.2, 0.25) is 6.36 Å². The molecule has 1 atom stereocenters. The molecule has 0 bridgehead atoms. The van der Waals surface area contributed by atoms with Crippen LogP contribution < -0.4 is 4.74 Å². The van der Waals surface area contributed by atoms with Crippen LogP contribution in [0.2, 0.25) is 0 Å². The molecular weight excluding hydrogens is 237 g/mol. The van der Waals surface area contributed by atoms with Crippen molar-refractivity contribution in [3.8, 4) is 5.75 Å². The van der Waals surface area contributed by atoms with E-state index in [1.54, 1.807) is 6.92 Å². The topological polar surface area (TPSA) is 38.7 Å². The molecule has 0 radical (unpaired) electrons. The van der Waals surface area contributed by atoms with E-state index < -0.39 is 23.6 Å². The van der Waals surface area contributed by atoms with Gasteiger partial charge in [-0.05, 0) is 13.0 Å². The van der Waals surface area contributed by atoms with E-state index in [9.17, 15) is 13.2 Å². The highest BCUT2D eigenvalue weighted by atomic mass is 19.2. The van der Waals surface area contributed by atoms with Crippen molar-refractivity contribution in [1.82, 2.24) is 0 Å². The molecule has 0 heterocycles.